The Morgan fingerprint density at radius 3 is 2.45 bits per heavy atom. The van der Waals surface area contributed by atoms with Gasteiger partial charge >= 0.3 is 5.97 Å². The molecule has 0 radical (unpaired) electrons. The second-order valence-electron chi connectivity index (χ2n) is 6.42. The number of aliphatic carboxylic acids is 1. The van der Waals surface area contributed by atoms with Crippen molar-refractivity contribution in [1.29, 1.82) is 0 Å². The minimum absolute atomic E-state index is 0.00287. The maximum absolute atomic E-state index is 13.1. The van der Waals surface area contributed by atoms with Crippen LogP contribution in [0.25, 0.3) is 0 Å². The van der Waals surface area contributed by atoms with Gasteiger partial charge in [0.05, 0.1) is 16.2 Å². The fraction of sp³-hybridized carbons (Fsp3) is 0.190. The largest absolute Gasteiger partial charge is 0.485 e. The van der Waals surface area contributed by atoms with Crippen molar-refractivity contribution in [3.63, 3.8) is 0 Å². The van der Waals surface area contributed by atoms with Gasteiger partial charge in [-0.1, -0.05) is 11.3 Å². The van der Waals surface area contributed by atoms with E-state index in [0.29, 0.717) is 4.21 Å². The van der Waals surface area contributed by atoms with Crippen molar-refractivity contribution in [2.45, 2.75) is 10.3 Å². The van der Waals surface area contributed by atoms with Crippen molar-refractivity contribution in [1.82, 2.24) is 4.98 Å². The minimum Gasteiger partial charge on any atom is -0.485 e. The number of nitrogens with zero attached hydrogens (tertiary/aromatic N) is 1. The number of hydrogen-bond donors (Lipinski definition) is 2. The first kappa shape index (κ1) is 24.4. The topological polar surface area (TPSA) is 97.8 Å². The number of nitrogens with one attached hydrogen (secondary N) is 1. The molecule has 0 spiro atoms. The molecule has 33 heavy (non-hydrogen) atoms. The van der Waals surface area contributed by atoms with Gasteiger partial charge in [0.1, 0.15) is 36.4 Å². The van der Waals surface area contributed by atoms with Crippen molar-refractivity contribution in [3.05, 3.63) is 60.0 Å². The third kappa shape index (κ3) is 7.39. The smallest absolute Gasteiger partial charge is 0.313 e. The van der Waals surface area contributed by atoms with Gasteiger partial charge in [-0.2, -0.15) is 0 Å². The normalized spacial score (nSPS) is 10.8. The Bertz CT molecular complexity index is 1110. The Morgan fingerprint density at radius 1 is 1.09 bits per heavy atom. The first-order valence-electron chi connectivity index (χ1n) is 9.35. The number of carbonyl (C=O) groups excluding carboxylic acids is 1. The van der Waals surface area contributed by atoms with Crippen molar-refractivity contribution in [2.75, 3.05) is 24.4 Å². The second kappa shape index (κ2) is 11.6. The Balaban J connectivity index is 1.81. The summed E-state index contributed by atoms with van der Waals surface area (Å²) in [5.74, 6) is -1.81. The molecule has 0 aliphatic rings. The lowest BCUT2D eigenvalue weighted by Gasteiger charge is -2.15. The maximum Gasteiger partial charge on any atom is 0.313 e. The molecule has 0 atom stereocenters. The summed E-state index contributed by atoms with van der Waals surface area (Å²) in [6, 6.07) is 9.14. The van der Waals surface area contributed by atoms with Crippen molar-refractivity contribution in [2.24, 2.45) is 0 Å². The molecule has 0 saturated heterocycles. The maximum atomic E-state index is 13.1. The van der Waals surface area contributed by atoms with Crippen LogP contribution >= 0.6 is 23.1 Å². The number of carboxylic acids is 1. The molecule has 0 saturated carbocycles. The van der Waals surface area contributed by atoms with E-state index in [1.807, 2.05) is 0 Å². The number of ether oxygens (including phenoxy) is 2. The van der Waals surface area contributed by atoms with Crippen LogP contribution in [0.1, 0.15) is 10.4 Å². The second-order valence-corrected chi connectivity index (χ2v) is 8.72. The van der Waals surface area contributed by atoms with E-state index in [1.54, 1.807) is 0 Å². The summed E-state index contributed by atoms with van der Waals surface area (Å²) in [6.07, 6.45) is 0.0820. The molecule has 174 valence electrons. The van der Waals surface area contributed by atoms with E-state index in [0.717, 1.165) is 23.1 Å². The van der Waals surface area contributed by atoms with Gasteiger partial charge in [0.2, 0.25) is 0 Å². The molecule has 7 nitrogen and oxygen atoms in total. The quantitative estimate of drug-likeness (QED) is 0.351. The summed E-state index contributed by atoms with van der Waals surface area (Å²) < 4.78 is 50.5. The molecule has 1 aromatic heterocycles. The zero-order chi connectivity index (χ0) is 23.8. The lowest BCUT2D eigenvalue weighted by atomic mass is 10.2. The lowest BCUT2D eigenvalue weighted by Crippen LogP contribution is -2.21. The number of aromatic nitrogens is 1. The summed E-state index contributed by atoms with van der Waals surface area (Å²) in [5, 5.41) is 11.5. The number of hydrogen-bond acceptors (Lipinski definition) is 7. The Labute approximate surface area is 194 Å². The highest BCUT2D eigenvalue weighted by molar-refractivity contribution is 8.01. The molecule has 12 heteroatoms. The van der Waals surface area contributed by atoms with Crippen LogP contribution in [0.3, 0.4) is 0 Å². The molecule has 2 aromatic carbocycles. The third-order valence-corrected chi connectivity index (χ3v) is 5.97. The van der Waals surface area contributed by atoms with Crippen LogP contribution < -0.4 is 14.8 Å². The number of halogens is 3. The van der Waals surface area contributed by atoms with Gasteiger partial charge in [0, 0.05) is 11.6 Å². The van der Waals surface area contributed by atoms with E-state index in [1.165, 1.54) is 48.7 Å². The molecule has 3 aromatic rings. The van der Waals surface area contributed by atoms with E-state index in [9.17, 15) is 22.8 Å². The van der Waals surface area contributed by atoms with Crippen LogP contribution in [0.2, 0.25) is 0 Å². The molecule has 0 aliphatic heterocycles. The van der Waals surface area contributed by atoms with E-state index in [-0.39, 0.29) is 33.7 Å². The predicted octanol–water partition coefficient (Wildman–Crippen LogP) is 5.19. The number of alkyl halides is 2. The average Bonchev–Trinajstić information content (AvgIpc) is 3.24. The van der Waals surface area contributed by atoms with Crippen molar-refractivity contribution >= 4 is 40.1 Å². The summed E-state index contributed by atoms with van der Waals surface area (Å²) in [7, 11) is 0. The van der Waals surface area contributed by atoms with E-state index in [2.05, 4.69) is 10.3 Å². The number of amides is 1. The van der Waals surface area contributed by atoms with Crippen LogP contribution in [-0.2, 0) is 4.79 Å². The fourth-order valence-electron chi connectivity index (χ4n) is 2.45. The average molecular weight is 499 g/mol. The molecular weight excluding hydrogens is 481 g/mol. The van der Waals surface area contributed by atoms with Crippen LogP contribution in [-0.4, -0.2) is 47.2 Å². The van der Waals surface area contributed by atoms with Crippen molar-refractivity contribution < 1.29 is 37.3 Å². The number of thiazole rings is 1. The molecule has 0 fully saturated rings. The molecule has 1 amide bonds. The van der Waals surface area contributed by atoms with Gasteiger partial charge < -0.3 is 14.6 Å². The zero-order valence-corrected chi connectivity index (χ0v) is 18.4. The van der Waals surface area contributed by atoms with E-state index in [4.69, 9.17) is 14.6 Å². The lowest BCUT2D eigenvalue weighted by molar-refractivity contribution is -0.133. The summed E-state index contributed by atoms with van der Waals surface area (Å²) in [5.41, 5.74) is 0.0519. The van der Waals surface area contributed by atoms with Gasteiger partial charge in [0.15, 0.2) is 11.2 Å². The number of thioether (sulfide) groups is 1. The molecule has 0 aliphatic carbocycles. The number of carboxylic acid groups (broad SMARTS) is 1. The number of anilines is 1. The first-order chi connectivity index (χ1) is 15.9. The minimum atomic E-state index is -1.35. The molecule has 2 N–H and O–H groups in total. The fourth-order valence-corrected chi connectivity index (χ4v) is 4.04. The molecule has 0 bridgehead atoms. The van der Waals surface area contributed by atoms with E-state index < -0.39 is 37.1 Å². The molecule has 3 rings (SSSR count). The number of rotatable bonds is 11. The standard InChI is InChI=1S/C21H17F3N2O5S2/c22-8-17(9-23)31-16-6-12(5-15(7-16)30-14-3-1-13(24)2-4-14)20(29)26-21-25-10-19(33-21)32-11-18(27)28/h1-7,10,17H,8-9,11H2,(H,27,28)(H,25,26,29). The zero-order valence-electron chi connectivity index (χ0n) is 16.8. The summed E-state index contributed by atoms with van der Waals surface area (Å²) >= 11 is 2.15. The number of benzene rings is 2. The monoisotopic (exact) mass is 498 g/mol. The van der Waals surface area contributed by atoms with Crippen LogP contribution in [0, 0.1) is 5.82 Å². The predicted molar refractivity (Wildman–Crippen MR) is 118 cm³/mol. The summed E-state index contributed by atoms with van der Waals surface area (Å²) in [4.78, 5) is 27.5. The molecular formula is C21H17F3N2O5S2. The Morgan fingerprint density at radius 2 is 1.79 bits per heavy atom. The van der Waals surface area contributed by atoms with Gasteiger partial charge in [-0.05, 0) is 36.4 Å². The third-order valence-electron chi connectivity index (χ3n) is 3.88. The Kier molecular flexibility index (Phi) is 8.55. The summed E-state index contributed by atoms with van der Waals surface area (Å²) in [6.45, 7) is -2.14. The SMILES string of the molecule is O=C(O)CSc1cnc(NC(=O)c2cc(Oc3ccc(F)cc3)cc(OC(CF)CF)c2)s1. The van der Waals surface area contributed by atoms with Crippen LogP contribution in [0.15, 0.2) is 52.9 Å². The highest BCUT2D eigenvalue weighted by Crippen LogP contribution is 2.31. The molecule has 0 unspecified atom stereocenters. The number of carbonyl (C=O) groups is 2. The highest BCUT2D eigenvalue weighted by atomic mass is 32.2. The van der Waals surface area contributed by atoms with Crippen LogP contribution in [0.5, 0.6) is 17.2 Å². The highest BCUT2D eigenvalue weighted by Gasteiger charge is 2.16. The molecule has 1 heterocycles. The van der Waals surface area contributed by atoms with Crippen LogP contribution in [0.4, 0.5) is 18.3 Å². The van der Waals surface area contributed by atoms with Gasteiger partial charge in [-0.25, -0.2) is 18.2 Å². The van der Waals surface area contributed by atoms with Gasteiger partial charge in [-0.3, -0.25) is 14.9 Å². The van der Waals surface area contributed by atoms with Gasteiger partial charge in [0.25, 0.3) is 5.91 Å². The first-order valence-corrected chi connectivity index (χ1v) is 11.2. The Hall–Kier alpha value is -3.25. The van der Waals surface area contributed by atoms with E-state index >= 15 is 0 Å². The van der Waals surface area contributed by atoms with Gasteiger partial charge in [-0.15, -0.1) is 11.8 Å². The van der Waals surface area contributed by atoms with Crippen molar-refractivity contribution in [3.8, 4) is 17.2 Å².